The molecule has 94 valence electrons. The van der Waals surface area contributed by atoms with Crippen LogP contribution in [-0.2, 0) is 16.1 Å². The minimum Gasteiger partial charge on any atom is -0.370 e. The van der Waals surface area contributed by atoms with E-state index >= 15 is 0 Å². The van der Waals surface area contributed by atoms with Crippen LogP contribution < -0.4 is 5.73 Å². The number of amides is 1. The Morgan fingerprint density at radius 1 is 1.22 bits per heavy atom. The van der Waals surface area contributed by atoms with Crippen LogP contribution in [0, 0.1) is 0 Å². The van der Waals surface area contributed by atoms with E-state index in [1.165, 1.54) is 0 Å². The fourth-order valence-corrected chi connectivity index (χ4v) is 2.18. The van der Waals surface area contributed by atoms with Crippen molar-refractivity contribution in [1.29, 1.82) is 0 Å². The molecule has 2 rings (SSSR count). The molecule has 2 aromatic rings. The van der Waals surface area contributed by atoms with Crippen LogP contribution in [0.5, 0.6) is 0 Å². The molecule has 0 saturated carbocycles. The summed E-state index contributed by atoms with van der Waals surface area (Å²) in [4.78, 5) is 22.3. The molecule has 0 bridgehead atoms. The SMILES string of the molecule is NC(=O)CCC(=O)Cn1ccc2ccc(Br)cc21. The van der Waals surface area contributed by atoms with Gasteiger partial charge in [-0.2, -0.15) is 0 Å². The highest BCUT2D eigenvalue weighted by Gasteiger charge is 2.08. The largest absolute Gasteiger partial charge is 0.370 e. The van der Waals surface area contributed by atoms with E-state index in [1.54, 1.807) is 0 Å². The summed E-state index contributed by atoms with van der Waals surface area (Å²) in [5, 5.41) is 1.08. The molecule has 1 aromatic carbocycles. The molecule has 1 aromatic heterocycles. The first kappa shape index (κ1) is 12.8. The van der Waals surface area contributed by atoms with Gasteiger partial charge in [-0.3, -0.25) is 9.59 Å². The van der Waals surface area contributed by atoms with Gasteiger partial charge in [0.15, 0.2) is 5.78 Å². The first-order chi connectivity index (χ1) is 8.56. The number of hydrogen-bond acceptors (Lipinski definition) is 2. The van der Waals surface area contributed by atoms with Gasteiger partial charge in [0, 0.05) is 29.0 Å². The summed E-state index contributed by atoms with van der Waals surface area (Å²) in [5.41, 5.74) is 6.02. The lowest BCUT2D eigenvalue weighted by Gasteiger charge is -2.04. The molecule has 0 aliphatic heterocycles. The maximum atomic E-state index is 11.7. The number of ketones is 1. The number of carbonyl (C=O) groups excluding carboxylic acids is 2. The van der Waals surface area contributed by atoms with E-state index in [2.05, 4.69) is 15.9 Å². The molecule has 0 aliphatic rings. The zero-order valence-electron chi connectivity index (χ0n) is 9.73. The third-order valence-electron chi connectivity index (χ3n) is 2.73. The lowest BCUT2D eigenvalue weighted by Crippen LogP contribution is -2.15. The number of rotatable bonds is 5. The van der Waals surface area contributed by atoms with Crippen molar-refractivity contribution < 1.29 is 9.59 Å². The van der Waals surface area contributed by atoms with E-state index in [9.17, 15) is 9.59 Å². The number of benzene rings is 1. The number of Topliss-reactive ketones (excluding diaryl/α,β-unsaturated/α-hetero) is 1. The Kier molecular flexibility index (Phi) is 3.81. The van der Waals surface area contributed by atoms with Crippen molar-refractivity contribution in [1.82, 2.24) is 4.57 Å². The van der Waals surface area contributed by atoms with Crippen molar-refractivity contribution in [3.8, 4) is 0 Å². The van der Waals surface area contributed by atoms with Gasteiger partial charge in [-0.1, -0.05) is 22.0 Å². The molecule has 0 atom stereocenters. The Labute approximate surface area is 113 Å². The molecule has 0 unspecified atom stereocenters. The number of hydrogen-bond donors (Lipinski definition) is 1. The molecule has 18 heavy (non-hydrogen) atoms. The monoisotopic (exact) mass is 308 g/mol. The topological polar surface area (TPSA) is 65.1 Å². The standard InChI is InChI=1S/C13H13BrN2O2/c14-10-2-1-9-5-6-16(12(9)7-10)8-11(17)3-4-13(15)18/h1-2,5-7H,3-4,8H2,(H2,15,18). The fraction of sp³-hybridized carbons (Fsp3) is 0.231. The average molecular weight is 309 g/mol. The quantitative estimate of drug-likeness (QED) is 0.920. The maximum absolute atomic E-state index is 11.7. The Bertz CT molecular complexity index is 604. The summed E-state index contributed by atoms with van der Waals surface area (Å²) in [5.74, 6) is -0.435. The fourth-order valence-electron chi connectivity index (χ4n) is 1.83. The number of aromatic nitrogens is 1. The van der Waals surface area contributed by atoms with Crippen LogP contribution in [0.4, 0.5) is 0 Å². The average Bonchev–Trinajstić information content (AvgIpc) is 2.69. The second kappa shape index (κ2) is 5.35. The molecule has 5 heteroatoms. The number of nitrogens with two attached hydrogens (primary N) is 1. The maximum Gasteiger partial charge on any atom is 0.217 e. The molecular weight excluding hydrogens is 296 g/mol. The van der Waals surface area contributed by atoms with Crippen LogP contribution in [0.3, 0.4) is 0 Å². The second-order valence-corrected chi connectivity index (χ2v) is 5.07. The normalized spacial score (nSPS) is 10.7. The molecular formula is C13H13BrN2O2. The van der Waals surface area contributed by atoms with E-state index in [0.717, 1.165) is 15.4 Å². The number of carbonyl (C=O) groups is 2. The van der Waals surface area contributed by atoms with Crippen molar-refractivity contribution in [2.24, 2.45) is 5.73 Å². The van der Waals surface area contributed by atoms with Gasteiger partial charge in [0.25, 0.3) is 0 Å². The van der Waals surface area contributed by atoms with Gasteiger partial charge in [0.2, 0.25) is 5.91 Å². The molecule has 0 fully saturated rings. The summed E-state index contributed by atoms with van der Waals surface area (Å²) < 4.78 is 2.85. The summed E-state index contributed by atoms with van der Waals surface area (Å²) in [6, 6.07) is 7.88. The Morgan fingerprint density at radius 3 is 2.72 bits per heavy atom. The van der Waals surface area contributed by atoms with E-state index in [1.807, 2.05) is 35.0 Å². The summed E-state index contributed by atoms with van der Waals surface area (Å²) in [6.45, 7) is 0.271. The van der Waals surface area contributed by atoms with Crippen LogP contribution in [0.25, 0.3) is 10.9 Å². The highest BCUT2D eigenvalue weighted by molar-refractivity contribution is 9.10. The first-order valence-electron chi connectivity index (χ1n) is 5.60. The minimum atomic E-state index is -0.441. The molecule has 1 heterocycles. The van der Waals surface area contributed by atoms with Crippen molar-refractivity contribution >= 4 is 38.5 Å². The van der Waals surface area contributed by atoms with Crippen molar-refractivity contribution in [3.63, 3.8) is 0 Å². The van der Waals surface area contributed by atoms with Crippen LogP contribution >= 0.6 is 15.9 Å². The van der Waals surface area contributed by atoms with Gasteiger partial charge in [-0.15, -0.1) is 0 Å². The Balaban J connectivity index is 2.14. The number of nitrogens with zero attached hydrogens (tertiary/aromatic N) is 1. The smallest absolute Gasteiger partial charge is 0.217 e. The molecule has 4 nitrogen and oxygen atoms in total. The van der Waals surface area contributed by atoms with Crippen LogP contribution in [-0.4, -0.2) is 16.3 Å². The zero-order chi connectivity index (χ0) is 13.1. The third kappa shape index (κ3) is 2.98. The Hall–Kier alpha value is -1.62. The van der Waals surface area contributed by atoms with Gasteiger partial charge < -0.3 is 10.3 Å². The van der Waals surface area contributed by atoms with Gasteiger partial charge in [-0.05, 0) is 23.6 Å². The minimum absolute atomic E-state index is 0.00581. The van der Waals surface area contributed by atoms with Gasteiger partial charge in [0.05, 0.1) is 6.54 Å². The molecule has 2 N–H and O–H groups in total. The molecule has 0 spiro atoms. The molecule has 1 amide bonds. The number of primary amides is 1. The highest BCUT2D eigenvalue weighted by Crippen LogP contribution is 2.21. The van der Waals surface area contributed by atoms with E-state index in [-0.39, 0.29) is 25.2 Å². The predicted molar refractivity (Wildman–Crippen MR) is 73.1 cm³/mol. The van der Waals surface area contributed by atoms with Gasteiger partial charge in [0.1, 0.15) is 0 Å². The van der Waals surface area contributed by atoms with Gasteiger partial charge in [-0.25, -0.2) is 0 Å². The van der Waals surface area contributed by atoms with Crippen molar-refractivity contribution in [2.75, 3.05) is 0 Å². The van der Waals surface area contributed by atoms with Crippen LogP contribution in [0.15, 0.2) is 34.9 Å². The second-order valence-electron chi connectivity index (χ2n) is 4.15. The molecule has 0 aliphatic carbocycles. The van der Waals surface area contributed by atoms with Crippen LogP contribution in [0.2, 0.25) is 0 Å². The molecule has 0 saturated heterocycles. The lowest BCUT2D eigenvalue weighted by molar-refractivity contribution is -0.124. The zero-order valence-corrected chi connectivity index (χ0v) is 11.3. The highest BCUT2D eigenvalue weighted by atomic mass is 79.9. The summed E-state index contributed by atoms with van der Waals surface area (Å²) in [6.07, 6.45) is 2.18. The first-order valence-corrected chi connectivity index (χ1v) is 6.40. The van der Waals surface area contributed by atoms with Gasteiger partial charge >= 0.3 is 0 Å². The van der Waals surface area contributed by atoms with E-state index in [0.29, 0.717) is 0 Å². The van der Waals surface area contributed by atoms with E-state index < -0.39 is 5.91 Å². The predicted octanol–water partition coefficient (Wildman–Crippen LogP) is 2.24. The van der Waals surface area contributed by atoms with E-state index in [4.69, 9.17) is 5.73 Å². The lowest BCUT2D eigenvalue weighted by atomic mass is 10.2. The summed E-state index contributed by atoms with van der Waals surface area (Å²) in [7, 11) is 0. The number of fused-ring (bicyclic) bond motifs is 1. The Morgan fingerprint density at radius 2 is 2.00 bits per heavy atom. The molecule has 0 radical (unpaired) electrons. The van der Waals surface area contributed by atoms with Crippen LogP contribution in [0.1, 0.15) is 12.8 Å². The van der Waals surface area contributed by atoms with Crippen molar-refractivity contribution in [2.45, 2.75) is 19.4 Å². The third-order valence-corrected chi connectivity index (χ3v) is 3.23. The number of halogens is 1. The van der Waals surface area contributed by atoms with Crippen molar-refractivity contribution in [3.05, 3.63) is 34.9 Å². The summed E-state index contributed by atoms with van der Waals surface area (Å²) >= 11 is 3.41.